The van der Waals surface area contributed by atoms with E-state index in [4.69, 9.17) is 10.5 Å². The minimum absolute atomic E-state index is 0.269. The Bertz CT molecular complexity index is 1670. The monoisotopic (exact) mass is 583 g/mol. The number of carbonyl (C=O) groups is 1. The van der Waals surface area contributed by atoms with Crippen molar-refractivity contribution in [3.05, 3.63) is 72.5 Å². The van der Waals surface area contributed by atoms with E-state index in [0.717, 1.165) is 34.4 Å². The second-order valence-electron chi connectivity index (χ2n) is 10.2. The number of hydrogen-bond donors (Lipinski definition) is 2. The number of hydrogen-bond acceptors (Lipinski definition) is 11. The minimum atomic E-state index is -0.396. The number of aromatic nitrogens is 9. The standard InChI is InChI=1S/C19H22N6O2.C11H15N5/c1-5-27-18(26)14-6-7-17(22-10-14)24-19-20-9-8-15(23-19)16-11-21-13(4)25(16)12(2)3;1-7(2)16-8(3)14-6-10(16)9-4-5-13-11(12)15-9/h6-12H,5H2,1-4H3,(H,20,22,23,24);4-7H,1-3H3,(H2,12,13,15). The van der Waals surface area contributed by atoms with Crippen molar-refractivity contribution in [1.82, 2.24) is 44.0 Å². The highest BCUT2D eigenvalue weighted by Gasteiger charge is 2.15. The molecule has 0 aliphatic heterocycles. The lowest BCUT2D eigenvalue weighted by molar-refractivity contribution is 0.0526. The molecule has 224 valence electrons. The molecular formula is C30H37N11O2. The molecule has 0 saturated carbocycles. The Morgan fingerprint density at radius 2 is 1.40 bits per heavy atom. The van der Waals surface area contributed by atoms with Crippen LogP contribution >= 0.6 is 0 Å². The zero-order valence-corrected chi connectivity index (χ0v) is 25.5. The summed E-state index contributed by atoms with van der Waals surface area (Å²) >= 11 is 0. The minimum Gasteiger partial charge on any atom is -0.462 e. The summed E-state index contributed by atoms with van der Waals surface area (Å²) in [5.41, 5.74) is 9.45. The fourth-order valence-electron chi connectivity index (χ4n) is 4.58. The first kappa shape index (κ1) is 30.8. The molecule has 0 aliphatic carbocycles. The van der Waals surface area contributed by atoms with Crippen LogP contribution in [-0.4, -0.2) is 56.6 Å². The summed E-state index contributed by atoms with van der Waals surface area (Å²) in [4.78, 5) is 41.5. The zero-order chi connectivity index (χ0) is 31.1. The van der Waals surface area contributed by atoms with Gasteiger partial charge in [0.15, 0.2) is 0 Å². The van der Waals surface area contributed by atoms with Crippen LogP contribution in [0.15, 0.2) is 55.2 Å². The molecular weight excluding hydrogens is 546 g/mol. The van der Waals surface area contributed by atoms with Crippen LogP contribution in [0.4, 0.5) is 17.7 Å². The van der Waals surface area contributed by atoms with Crippen molar-refractivity contribution in [2.75, 3.05) is 17.7 Å². The summed E-state index contributed by atoms with van der Waals surface area (Å²) in [5.74, 6) is 2.75. The SMILES string of the molecule is CCOC(=O)c1ccc(Nc2nccc(-c3cnc(C)n3C(C)C)n2)nc1.Cc1ncc(-c2ccnc(N)n2)n1C(C)C. The van der Waals surface area contributed by atoms with Crippen molar-refractivity contribution in [1.29, 1.82) is 0 Å². The second-order valence-corrected chi connectivity index (χ2v) is 10.2. The highest BCUT2D eigenvalue weighted by molar-refractivity contribution is 5.89. The van der Waals surface area contributed by atoms with Crippen molar-refractivity contribution in [2.45, 2.75) is 60.5 Å². The van der Waals surface area contributed by atoms with Gasteiger partial charge in [0, 0.05) is 30.7 Å². The zero-order valence-electron chi connectivity index (χ0n) is 25.5. The molecule has 0 bridgehead atoms. The molecule has 0 aliphatic rings. The van der Waals surface area contributed by atoms with Gasteiger partial charge in [-0.25, -0.2) is 39.7 Å². The van der Waals surface area contributed by atoms with Gasteiger partial charge in [0.05, 0.1) is 47.3 Å². The van der Waals surface area contributed by atoms with E-state index in [-0.39, 0.29) is 12.0 Å². The van der Waals surface area contributed by atoms with Crippen LogP contribution in [0, 0.1) is 13.8 Å². The van der Waals surface area contributed by atoms with Crippen LogP contribution in [0.25, 0.3) is 22.8 Å². The highest BCUT2D eigenvalue weighted by atomic mass is 16.5. The molecule has 3 N–H and O–H groups in total. The molecule has 0 fully saturated rings. The van der Waals surface area contributed by atoms with Crippen molar-refractivity contribution < 1.29 is 9.53 Å². The van der Waals surface area contributed by atoms with Gasteiger partial charge in [-0.15, -0.1) is 0 Å². The lowest BCUT2D eigenvalue weighted by Crippen LogP contribution is -2.07. The lowest BCUT2D eigenvalue weighted by Gasteiger charge is -2.14. The summed E-state index contributed by atoms with van der Waals surface area (Å²) in [7, 11) is 0. The topological polar surface area (TPSA) is 164 Å². The number of nitrogens with two attached hydrogens (primary N) is 1. The number of anilines is 3. The summed E-state index contributed by atoms with van der Waals surface area (Å²) in [6, 6.07) is 7.63. The Balaban J connectivity index is 0.000000225. The molecule has 0 atom stereocenters. The van der Waals surface area contributed by atoms with Crippen molar-refractivity contribution >= 4 is 23.7 Å². The van der Waals surface area contributed by atoms with Gasteiger partial charge < -0.3 is 24.9 Å². The number of rotatable bonds is 8. The third-order valence-corrected chi connectivity index (χ3v) is 6.37. The van der Waals surface area contributed by atoms with Gasteiger partial charge in [-0.3, -0.25) is 0 Å². The maximum absolute atomic E-state index is 11.7. The molecule has 43 heavy (non-hydrogen) atoms. The molecule has 13 nitrogen and oxygen atoms in total. The van der Waals surface area contributed by atoms with E-state index in [1.165, 1.54) is 6.20 Å². The third-order valence-electron chi connectivity index (χ3n) is 6.37. The number of nitrogen functional groups attached to an aromatic ring is 1. The first-order valence-corrected chi connectivity index (χ1v) is 14.0. The van der Waals surface area contributed by atoms with Crippen LogP contribution < -0.4 is 11.1 Å². The molecule has 0 aromatic carbocycles. The van der Waals surface area contributed by atoms with E-state index >= 15 is 0 Å². The Labute approximate surface area is 250 Å². The number of nitrogens with zero attached hydrogens (tertiary/aromatic N) is 9. The number of aryl methyl sites for hydroxylation is 2. The smallest absolute Gasteiger partial charge is 0.339 e. The van der Waals surface area contributed by atoms with Gasteiger partial charge >= 0.3 is 5.97 Å². The largest absolute Gasteiger partial charge is 0.462 e. The molecule has 0 spiro atoms. The van der Waals surface area contributed by atoms with Gasteiger partial charge in [-0.1, -0.05) is 0 Å². The maximum Gasteiger partial charge on any atom is 0.339 e. The first-order chi connectivity index (χ1) is 20.6. The molecule has 5 aromatic heterocycles. The Morgan fingerprint density at radius 1 is 0.814 bits per heavy atom. The average Bonchev–Trinajstić information content (AvgIpc) is 3.57. The Morgan fingerprint density at radius 3 is 1.91 bits per heavy atom. The van der Waals surface area contributed by atoms with Crippen LogP contribution in [-0.2, 0) is 4.74 Å². The number of nitrogens with one attached hydrogen (secondary N) is 1. The third kappa shape index (κ3) is 7.36. The van der Waals surface area contributed by atoms with E-state index in [9.17, 15) is 4.79 Å². The highest BCUT2D eigenvalue weighted by Crippen LogP contribution is 2.24. The van der Waals surface area contributed by atoms with Crippen molar-refractivity contribution in [3.63, 3.8) is 0 Å². The van der Waals surface area contributed by atoms with E-state index in [1.54, 1.807) is 31.5 Å². The second kappa shape index (κ2) is 13.6. The van der Waals surface area contributed by atoms with Gasteiger partial charge in [0.1, 0.15) is 17.5 Å². The van der Waals surface area contributed by atoms with E-state index < -0.39 is 5.97 Å². The fourth-order valence-corrected chi connectivity index (χ4v) is 4.58. The molecule has 0 saturated heterocycles. The van der Waals surface area contributed by atoms with E-state index in [1.807, 2.05) is 38.4 Å². The van der Waals surface area contributed by atoms with E-state index in [2.05, 4.69) is 77.0 Å². The lowest BCUT2D eigenvalue weighted by atomic mass is 10.2. The number of ether oxygens (including phenoxy) is 1. The molecule has 13 heteroatoms. The number of pyridine rings is 1. The van der Waals surface area contributed by atoms with Gasteiger partial charge in [0.25, 0.3) is 0 Å². The predicted molar refractivity (Wildman–Crippen MR) is 165 cm³/mol. The number of imidazole rings is 2. The first-order valence-electron chi connectivity index (χ1n) is 14.0. The molecule has 5 aromatic rings. The maximum atomic E-state index is 11.7. The Kier molecular flexibility index (Phi) is 9.76. The molecule has 5 rings (SSSR count). The fraction of sp³-hybridized carbons (Fsp3) is 0.333. The van der Waals surface area contributed by atoms with Crippen LogP contribution in [0.3, 0.4) is 0 Å². The van der Waals surface area contributed by atoms with Gasteiger partial charge in [-0.05, 0) is 72.7 Å². The normalized spacial score (nSPS) is 10.9. The molecule has 0 amide bonds. The van der Waals surface area contributed by atoms with Gasteiger partial charge in [0.2, 0.25) is 11.9 Å². The van der Waals surface area contributed by atoms with Crippen molar-refractivity contribution in [3.8, 4) is 22.8 Å². The van der Waals surface area contributed by atoms with Crippen LogP contribution in [0.1, 0.15) is 68.7 Å². The van der Waals surface area contributed by atoms with Crippen molar-refractivity contribution in [2.24, 2.45) is 0 Å². The molecule has 5 heterocycles. The van der Waals surface area contributed by atoms with Crippen LogP contribution in [0.2, 0.25) is 0 Å². The van der Waals surface area contributed by atoms with Gasteiger partial charge in [-0.2, -0.15) is 0 Å². The summed E-state index contributed by atoms with van der Waals surface area (Å²) < 4.78 is 9.20. The molecule has 0 radical (unpaired) electrons. The van der Waals surface area contributed by atoms with Crippen LogP contribution in [0.5, 0.6) is 0 Å². The Hall–Kier alpha value is -5.20. The molecule has 0 unspecified atom stereocenters. The quantitative estimate of drug-likeness (QED) is 0.226. The number of carbonyl (C=O) groups excluding carboxylic acids is 1. The summed E-state index contributed by atoms with van der Waals surface area (Å²) in [5, 5.41) is 3.05. The summed E-state index contributed by atoms with van der Waals surface area (Å²) in [6.45, 7) is 14.5. The summed E-state index contributed by atoms with van der Waals surface area (Å²) in [6.07, 6.45) is 8.43. The predicted octanol–water partition coefficient (Wildman–Crippen LogP) is 5.36. The number of esters is 1. The average molecular weight is 584 g/mol. The van der Waals surface area contributed by atoms with E-state index in [0.29, 0.717) is 30.0 Å².